The van der Waals surface area contributed by atoms with Crippen LogP contribution in [0.1, 0.15) is 0 Å². The minimum absolute atomic E-state index is 0.0233. The average molecular weight is 263 g/mol. The van der Waals surface area contributed by atoms with Crippen LogP contribution >= 0.6 is 11.6 Å². The van der Waals surface area contributed by atoms with Crippen LogP contribution < -0.4 is 5.73 Å². The number of oxazole rings is 1. The van der Waals surface area contributed by atoms with E-state index in [2.05, 4.69) is 4.98 Å². The van der Waals surface area contributed by atoms with Gasteiger partial charge in [0.15, 0.2) is 5.58 Å². The summed E-state index contributed by atoms with van der Waals surface area (Å²) >= 11 is 5.86. The number of aromatic nitrogens is 1. The van der Waals surface area contributed by atoms with Crippen LogP contribution in [-0.2, 0) is 0 Å². The van der Waals surface area contributed by atoms with E-state index in [0.717, 1.165) is 0 Å². The first-order chi connectivity index (χ1) is 8.65. The molecule has 0 unspecified atom stereocenters. The molecule has 5 heteroatoms. The van der Waals surface area contributed by atoms with Gasteiger partial charge in [-0.05, 0) is 30.3 Å². The summed E-state index contributed by atoms with van der Waals surface area (Å²) in [5.74, 6) is -0.211. The molecule has 2 aromatic carbocycles. The van der Waals surface area contributed by atoms with E-state index in [-0.39, 0.29) is 11.6 Å². The first kappa shape index (κ1) is 11.0. The van der Waals surface area contributed by atoms with Crippen molar-refractivity contribution in [1.82, 2.24) is 4.98 Å². The molecule has 0 radical (unpaired) electrons. The molecule has 3 nitrogen and oxygen atoms in total. The van der Waals surface area contributed by atoms with Crippen molar-refractivity contribution >= 4 is 28.4 Å². The lowest BCUT2D eigenvalue weighted by atomic mass is 10.2. The number of fused-ring (bicyclic) bond motifs is 1. The molecule has 1 heterocycles. The van der Waals surface area contributed by atoms with Gasteiger partial charge < -0.3 is 10.2 Å². The zero-order valence-electron chi connectivity index (χ0n) is 9.15. The summed E-state index contributed by atoms with van der Waals surface area (Å²) in [6, 6.07) is 9.60. The Hall–Kier alpha value is -2.07. The molecule has 0 aliphatic heterocycles. The van der Waals surface area contributed by atoms with E-state index < -0.39 is 5.82 Å². The fourth-order valence-electron chi connectivity index (χ4n) is 1.74. The second kappa shape index (κ2) is 3.99. The molecule has 0 aliphatic rings. The fourth-order valence-corrected chi connectivity index (χ4v) is 1.91. The number of nitrogen functional groups attached to an aromatic ring is 1. The van der Waals surface area contributed by atoms with Gasteiger partial charge >= 0.3 is 0 Å². The van der Waals surface area contributed by atoms with Crippen LogP contribution in [0.15, 0.2) is 40.8 Å². The maximum atomic E-state index is 13.4. The third kappa shape index (κ3) is 1.71. The molecule has 0 atom stereocenters. The van der Waals surface area contributed by atoms with Gasteiger partial charge in [0.1, 0.15) is 11.3 Å². The van der Waals surface area contributed by atoms with Gasteiger partial charge in [0.2, 0.25) is 5.89 Å². The quantitative estimate of drug-likeness (QED) is 0.677. The van der Waals surface area contributed by atoms with Gasteiger partial charge in [-0.2, -0.15) is 0 Å². The van der Waals surface area contributed by atoms with E-state index in [1.165, 1.54) is 6.07 Å². The van der Waals surface area contributed by atoms with Crippen LogP contribution in [0.5, 0.6) is 0 Å². The Kier molecular flexibility index (Phi) is 2.45. The van der Waals surface area contributed by atoms with Gasteiger partial charge in [0, 0.05) is 5.02 Å². The number of halogens is 2. The van der Waals surface area contributed by atoms with Gasteiger partial charge in [-0.15, -0.1) is 0 Å². The number of hydrogen-bond acceptors (Lipinski definition) is 3. The van der Waals surface area contributed by atoms with E-state index in [9.17, 15) is 4.39 Å². The predicted octanol–water partition coefficient (Wildman–Crippen LogP) is 3.87. The number of hydrogen-bond donors (Lipinski definition) is 1. The van der Waals surface area contributed by atoms with E-state index in [1.54, 1.807) is 30.3 Å². The highest BCUT2D eigenvalue weighted by Crippen LogP contribution is 2.30. The summed E-state index contributed by atoms with van der Waals surface area (Å²) in [4.78, 5) is 4.25. The first-order valence-electron chi connectivity index (χ1n) is 5.25. The molecule has 0 amide bonds. The second-order valence-electron chi connectivity index (χ2n) is 3.83. The van der Waals surface area contributed by atoms with Crippen LogP contribution in [-0.4, -0.2) is 4.98 Å². The number of nitrogens with zero attached hydrogens (tertiary/aromatic N) is 1. The Bertz CT molecular complexity index is 739. The summed E-state index contributed by atoms with van der Waals surface area (Å²) in [5.41, 5.74) is 7.32. The van der Waals surface area contributed by atoms with Crippen molar-refractivity contribution in [2.45, 2.75) is 0 Å². The fraction of sp³-hybridized carbons (Fsp3) is 0. The molecule has 0 fully saturated rings. The van der Waals surface area contributed by atoms with Crippen LogP contribution in [0.25, 0.3) is 22.6 Å². The van der Waals surface area contributed by atoms with Gasteiger partial charge in [0.25, 0.3) is 0 Å². The van der Waals surface area contributed by atoms with Gasteiger partial charge in [-0.1, -0.05) is 17.7 Å². The van der Waals surface area contributed by atoms with E-state index >= 15 is 0 Å². The molecule has 2 N–H and O–H groups in total. The Labute approximate surface area is 107 Å². The Balaban J connectivity index is 2.22. The van der Waals surface area contributed by atoms with E-state index in [1.807, 2.05) is 0 Å². The normalized spacial score (nSPS) is 11.0. The number of anilines is 1. The lowest BCUT2D eigenvalue weighted by molar-refractivity contribution is 0.614. The van der Waals surface area contributed by atoms with Crippen molar-refractivity contribution in [2.75, 3.05) is 5.73 Å². The zero-order valence-corrected chi connectivity index (χ0v) is 9.91. The third-order valence-electron chi connectivity index (χ3n) is 2.63. The molecule has 0 saturated heterocycles. The highest BCUT2D eigenvalue weighted by Gasteiger charge is 2.13. The van der Waals surface area contributed by atoms with Crippen molar-refractivity contribution in [3.8, 4) is 11.5 Å². The Morgan fingerprint density at radius 1 is 1.22 bits per heavy atom. The topological polar surface area (TPSA) is 52.0 Å². The minimum atomic E-state index is -0.493. The van der Waals surface area contributed by atoms with Crippen molar-refractivity contribution < 1.29 is 8.81 Å². The molecular weight excluding hydrogens is 255 g/mol. The molecular formula is C13H8ClFN2O. The van der Waals surface area contributed by atoms with Crippen molar-refractivity contribution in [1.29, 1.82) is 0 Å². The van der Waals surface area contributed by atoms with Crippen molar-refractivity contribution in [3.05, 3.63) is 47.2 Å². The molecule has 3 rings (SSSR count). The molecule has 18 heavy (non-hydrogen) atoms. The standard InChI is InChI=1S/C13H8ClFN2O/c14-7-4-5-11-10(6-7)17-13(18-11)8-2-1-3-9(15)12(8)16/h1-6H,16H2. The van der Waals surface area contributed by atoms with Gasteiger partial charge in [-0.25, -0.2) is 9.37 Å². The second-order valence-corrected chi connectivity index (χ2v) is 4.27. The molecule has 3 aromatic rings. The number of para-hydroxylation sites is 1. The number of rotatable bonds is 1. The molecule has 0 spiro atoms. The van der Waals surface area contributed by atoms with Crippen LogP contribution in [0, 0.1) is 5.82 Å². The number of benzene rings is 2. The van der Waals surface area contributed by atoms with Crippen molar-refractivity contribution in [3.63, 3.8) is 0 Å². The molecule has 90 valence electrons. The largest absolute Gasteiger partial charge is 0.436 e. The zero-order chi connectivity index (χ0) is 12.7. The Morgan fingerprint density at radius 2 is 2.06 bits per heavy atom. The predicted molar refractivity (Wildman–Crippen MR) is 68.8 cm³/mol. The smallest absolute Gasteiger partial charge is 0.229 e. The lowest BCUT2D eigenvalue weighted by Gasteiger charge is -2.01. The van der Waals surface area contributed by atoms with Gasteiger partial charge in [-0.3, -0.25) is 0 Å². The minimum Gasteiger partial charge on any atom is -0.436 e. The van der Waals surface area contributed by atoms with Gasteiger partial charge in [0.05, 0.1) is 11.3 Å². The van der Waals surface area contributed by atoms with Crippen LogP contribution in [0.2, 0.25) is 5.02 Å². The first-order valence-corrected chi connectivity index (χ1v) is 5.63. The lowest BCUT2D eigenvalue weighted by Crippen LogP contribution is -1.93. The highest BCUT2D eigenvalue weighted by molar-refractivity contribution is 6.31. The van der Waals surface area contributed by atoms with E-state index in [0.29, 0.717) is 21.7 Å². The summed E-state index contributed by atoms with van der Waals surface area (Å²) in [6.07, 6.45) is 0. The monoisotopic (exact) mass is 262 g/mol. The molecule has 1 aromatic heterocycles. The van der Waals surface area contributed by atoms with Crippen LogP contribution in [0.4, 0.5) is 10.1 Å². The molecule has 0 aliphatic carbocycles. The van der Waals surface area contributed by atoms with Crippen LogP contribution in [0.3, 0.4) is 0 Å². The number of nitrogens with two attached hydrogens (primary N) is 1. The summed E-state index contributed by atoms with van der Waals surface area (Å²) in [5, 5.41) is 0.564. The molecule has 0 bridgehead atoms. The Morgan fingerprint density at radius 3 is 2.89 bits per heavy atom. The maximum absolute atomic E-state index is 13.4. The maximum Gasteiger partial charge on any atom is 0.229 e. The average Bonchev–Trinajstić information content (AvgIpc) is 2.75. The SMILES string of the molecule is Nc1c(F)cccc1-c1nc2cc(Cl)ccc2o1. The van der Waals surface area contributed by atoms with E-state index in [4.69, 9.17) is 21.8 Å². The molecule has 0 saturated carbocycles. The summed E-state index contributed by atoms with van der Waals surface area (Å²) < 4.78 is 18.9. The van der Waals surface area contributed by atoms with Crippen molar-refractivity contribution in [2.24, 2.45) is 0 Å². The highest BCUT2D eigenvalue weighted by atomic mass is 35.5. The third-order valence-corrected chi connectivity index (χ3v) is 2.87. The summed E-state index contributed by atoms with van der Waals surface area (Å²) in [6.45, 7) is 0. The summed E-state index contributed by atoms with van der Waals surface area (Å²) in [7, 11) is 0.